The average Bonchev–Trinajstić information content (AvgIpc) is 3.23. The average molecular weight is 802 g/mol. The Morgan fingerprint density at radius 1 is 0.490 bits per heavy atom. The number of amides is 2. The van der Waals surface area contributed by atoms with Gasteiger partial charge in [-0.25, -0.2) is 0 Å². The molecule has 1 spiro atoms. The zero-order valence-electron chi connectivity index (χ0n) is 30.1. The first-order valence-corrected chi connectivity index (χ1v) is 23.8. The molecule has 13 heteroatoms. The van der Waals surface area contributed by atoms with E-state index in [1.54, 1.807) is 0 Å². The first kappa shape index (κ1) is 42.8. The number of carbonyl (C=O) groups excluding carboxylic acids is 6. The van der Waals surface area contributed by atoms with Crippen molar-refractivity contribution < 1.29 is 41.1 Å². The number of rotatable bonds is 26. The van der Waals surface area contributed by atoms with E-state index in [0.29, 0.717) is 12.8 Å². The summed E-state index contributed by atoms with van der Waals surface area (Å²) >= 11 is -5.87. The molecule has 280 valence electrons. The molecular formula is C36H62N2O10Sn. The summed E-state index contributed by atoms with van der Waals surface area (Å²) in [5, 5.41) is 5.00. The number of nitrogens with one attached hydrogen (secondary N) is 2. The molecule has 0 radical (unpaired) electrons. The molecule has 12 nitrogen and oxygen atoms in total. The Kier molecular flexibility index (Phi) is 22.3. The summed E-state index contributed by atoms with van der Waals surface area (Å²) in [5.41, 5.74) is 0. The fourth-order valence-corrected chi connectivity index (χ4v) is 11.0. The fourth-order valence-electron chi connectivity index (χ4n) is 6.03. The fraction of sp³-hybridized carbons (Fsp3) is 0.833. The van der Waals surface area contributed by atoms with Crippen LogP contribution in [0.2, 0.25) is 0 Å². The van der Waals surface area contributed by atoms with Crippen LogP contribution >= 0.6 is 0 Å². The van der Waals surface area contributed by atoms with Crippen molar-refractivity contribution in [3.05, 3.63) is 0 Å². The summed E-state index contributed by atoms with van der Waals surface area (Å²) in [6.45, 7) is 4.42. The van der Waals surface area contributed by atoms with E-state index in [9.17, 15) is 28.8 Å². The zero-order chi connectivity index (χ0) is 35.7. The molecule has 2 fully saturated rings. The maximum atomic E-state index is 12.9. The monoisotopic (exact) mass is 802 g/mol. The van der Waals surface area contributed by atoms with E-state index in [4.69, 9.17) is 12.3 Å². The van der Waals surface area contributed by atoms with Gasteiger partial charge < -0.3 is 0 Å². The molecule has 2 N–H and O–H groups in total. The Balaban J connectivity index is 1.70. The van der Waals surface area contributed by atoms with E-state index in [1.165, 1.54) is 89.9 Å². The van der Waals surface area contributed by atoms with Gasteiger partial charge in [0.05, 0.1) is 0 Å². The summed E-state index contributed by atoms with van der Waals surface area (Å²) in [4.78, 5) is 76.2. The van der Waals surface area contributed by atoms with Crippen molar-refractivity contribution in [3.8, 4) is 0 Å². The van der Waals surface area contributed by atoms with Crippen LogP contribution in [-0.2, 0) is 41.1 Å². The molecule has 2 heterocycles. The van der Waals surface area contributed by atoms with Crippen LogP contribution in [0.15, 0.2) is 0 Å². The van der Waals surface area contributed by atoms with Crippen LogP contribution in [0.4, 0.5) is 0 Å². The van der Waals surface area contributed by atoms with Crippen LogP contribution in [0.25, 0.3) is 0 Å². The molecule has 2 rings (SSSR count). The van der Waals surface area contributed by atoms with Crippen molar-refractivity contribution >= 4 is 55.7 Å². The van der Waals surface area contributed by atoms with Crippen molar-refractivity contribution in [3.63, 3.8) is 0 Å². The van der Waals surface area contributed by atoms with Gasteiger partial charge in [0, 0.05) is 0 Å². The summed E-state index contributed by atoms with van der Waals surface area (Å²) < 4.78 is 20.9. The Bertz CT molecular complexity index is 959. The predicted octanol–water partition coefficient (Wildman–Crippen LogP) is 6.77. The van der Waals surface area contributed by atoms with Gasteiger partial charge in [-0.2, -0.15) is 0 Å². The molecule has 2 aliphatic rings. The predicted molar refractivity (Wildman–Crippen MR) is 185 cm³/mol. The molecule has 1 unspecified atom stereocenters. The van der Waals surface area contributed by atoms with Crippen molar-refractivity contribution in [2.45, 2.75) is 193 Å². The summed E-state index contributed by atoms with van der Waals surface area (Å²) in [5.74, 6) is -5.00. The second-order valence-electron chi connectivity index (χ2n) is 13.5. The molecular weight excluding hydrogens is 739 g/mol. The van der Waals surface area contributed by atoms with Gasteiger partial charge in [-0.15, -0.1) is 0 Å². The van der Waals surface area contributed by atoms with Gasteiger partial charge in [0.2, 0.25) is 0 Å². The van der Waals surface area contributed by atoms with Crippen LogP contribution < -0.4 is 10.6 Å². The summed E-state index contributed by atoms with van der Waals surface area (Å²) in [6, 6.07) is -2.74. The number of unbranched alkanes of at least 4 members (excludes halogenated alkanes) is 20. The summed E-state index contributed by atoms with van der Waals surface area (Å²) in [7, 11) is 0. The Hall–Kier alpha value is -2.38. The van der Waals surface area contributed by atoms with E-state index < -0.39 is 80.7 Å². The number of carbonyl (C=O) groups is 6. The number of hydrogen-bond donors (Lipinski definition) is 2. The van der Waals surface area contributed by atoms with Crippen LogP contribution in [0, 0.1) is 0 Å². The third-order valence-electron chi connectivity index (χ3n) is 8.92. The first-order valence-electron chi connectivity index (χ1n) is 19.2. The normalized spacial score (nSPS) is 20.9. The molecule has 0 aromatic carbocycles. The molecule has 3 atom stereocenters. The molecule has 49 heavy (non-hydrogen) atoms. The van der Waals surface area contributed by atoms with Crippen molar-refractivity contribution in [1.29, 1.82) is 0 Å². The Labute approximate surface area is 299 Å². The Morgan fingerprint density at radius 3 is 1.08 bits per heavy atom. The SMILES string of the molecule is CCCCCCCCCCCCCC(=O)N[C@H]1CC(=O)[O][Sn]2([O]C(=O)C[C@@H](NC(=O)CCCCCCCCCCCCC)C(=O)[O]2)[O]C1=O. The molecule has 0 aromatic rings. The van der Waals surface area contributed by atoms with Crippen LogP contribution in [0.1, 0.15) is 181 Å². The van der Waals surface area contributed by atoms with Gasteiger partial charge in [-0.3, -0.25) is 0 Å². The second kappa shape index (κ2) is 25.6. The Morgan fingerprint density at radius 2 is 0.776 bits per heavy atom. The minimum absolute atomic E-state index is 0.175. The van der Waals surface area contributed by atoms with Crippen LogP contribution in [0.3, 0.4) is 0 Å². The van der Waals surface area contributed by atoms with Crippen molar-refractivity contribution in [2.75, 3.05) is 0 Å². The standard InChI is InChI=1S/2C18H33NO5.Sn/c2*1-2-3-4-5-6-7-8-9-10-11-12-13-16(20)19-15(18(23)24)14-17(21)22;/h2*15H,2-14H2,1H3,(H,19,20)(H,21,22)(H,23,24);/q;;+4/p-4/t2*15-;/m10./s1. The topological polar surface area (TPSA) is 163 Å². The molecule has 2 saturated heterocycles. The molecule has 2 aliphatic heterocycles. The van der Waals surface area contributed by atoms with Gasteiger partial charge >= 0.3 is 222 Å². The van der Waals surface area contributed by atoms with Gasteiger partial charge in [0.1, 0.15) is 0 Å². The van der Waals surface area contributed by atoms with E-state index in [0.717, 1.165) is 38.5 Å². The quantitative estimate of drug-likeness (QED) is 0.0705. The van der Waals surface area contributed by atoms with Crippen LogP contribution in [-0.4, -0.2) is 67.8 Å². The van der Waals surface area contributed by atoms with E-state index >= 15 is 0 Å². The molecule has 0 aromatic heterocycles. The van der Waals surface area contributed by atoms with E-state index in [-0.39, 0.29) is 12.8 Å². The van der Waals surface area contributed by atoms with Gasteiger partial charge in [-0.05, 0) is 0 Å². The van der Waals surface area contributed by atoms with Gasteiger partial charge in [0.15, 0.2) is 0 Å². The third kappa shape index (κ3) is 19.0. The summed E-state index contributed by atoms with van der Waals surface area (Å²) in [6.07, 6.45) is 24.2. The van der Waals surface area contributed by atoms with E-state index in [2.05, 4.69) is 24.5 Å². The van der Waals surface area contributed by atoms with Crippen LogP contribution in [0.5, 0.6) is 0 Å². The molecule has 0 bridgehead atoms. The maximum absolute atomic E-state index is 12.9. The third-order valence-corrected chi connectivity index (χ3v) is 14.2. The van der Waals surface area contributed by atoms with Crippen molar-refractivity contribution in [2.24, 2.45) is 0 Å². The van der Waals surface area contributed by atoms with Gasteiger partial charge in [0.25, 0.3) is 0 Å². The number of hydrogen-bond acceptors (Lipinski definition) is 10. The molecule has 2 amide bonds. The van der Waals surface area contributed by atoms with Gasteiger partial charge in [-0.1, -0.05) is 78.1 Å². The zero-order valence-corrected chi connectivity index (χ0v) is 33.0. The second-order valence-corrected chi connectivity index (χ2v) is 18.7. The molecule has 0 aliphatic carbocycles. The minimum atomic E-state index is -5.87. The first-order chi connectivity index (χ1) is 23.7. The molecule has 0 saturated carbocycles. The van der Waals surface area contributed by atoms with Crippen molar-refractivity contribution in [1.82, 2.24) is 10.6 Å². The van der Waals surface area contributed by atoms with E-state index in [1.807, 2.05) is 0 Å².